The Hall–Kier alpha value is -1.48. The number of esters is 2. The van der Waals surface area contributed by atoms with Crippen LogP contribution in [-0.4, -0.2) is 49.3 Å². The van der Waals surface area contributed by atoms with Gasteiger partial charge in [0.25, 0.3) is 0 Å². The lowest BCUT2D eigenvalue weighted by molar-refractivity contribution is -0.241. The van der Waals surface area contributed by atoms with E-state index in [0.29, 0.717) is 30.4 Å². The number of carbonyl (C=O) groups is 2. The normalized spacial score (nSPS) is 31.3. The van der Waals surface area contributed by atoms with Crippen molar-refractivity contribution < 1.29 is 39.4 Å². The molecule has 2 saturated carbocycles. The van der Waals surface area contributed by atoms with Crippen LogP contribution in [-0.2, 0) is 28.7 Å². The van der Waals surface area contributed by atoms with Crippen molar-refractivity contribution in [3.8, 4) is 0 Å². The summed E-state index contributed by atoms with van der Waals surface area (Å²) in [6.45, 7) is 10.4. The van der Waals surface area contributed by atoms with Crippen LogP contribution < -0.4 is 0 Å². The van der Waals surface area contributed by atoms with Gasteiger partial charge in [-0.3, -0.25) is 14.8 Å². The molecule has 0 heterocycles. The molecule has 2 rings (SSSR count). The quantitative estimate of drug-likeness (QED) is 0.151. The summed E-state index contributed by atoms with van der Waals surface area (Å²) in [6, 6.07) is 0. The van der Waals surface area contributed by atoms with Crippen LogP contribution in [0.1, 0.15) is 33.6 Å². The van der Waals surface area contributed by atoms with Gasteiger partial charge in [0.1, 0.15) is 6.61 Å². The molecule has 2 fully saturated rings. The third-order valence-corrected chi connectivity index (χ3v) is 6.03. The van der Waals surface area contributed by atoms with Gasteiger partial charge in [-0.2, -0.15) is 0 Å². The molecule has 2 aliphatic rings. The van der Waals surface area contributed by atoms with Crippen molar-refractivity contribution in [3.63, 3.8) is 0 Å². The van der Waals surface area contributed by atoms with E-state index in [2.05, 4.69) is 25.3 Å². The largest absolute Gasteiger partial charge is 0.461 e. The fraction of sp³-hybridized carbons (Fsp3) is 0.789. The first-order chi connectivity index (χ1) is 12.4. The third kappa shape index (κ3) is 5.28. The number of hydrogen-bond acceptors (Lipinski definition) is 7. The Bertz CT molecular complexity index is 520. The Kier molecular flexibility index (Phi) is 9.38. The van der Waals surface area contributed by atoms with Crippen LogP contribution in [0.2, 0.25) is 0 Å². The fourth-order valence-electron chi connectivity index (χ4n) is 4.46. The van der Waals surface area contributed by atoms with Gasteiger partial charge in [-0.15, -0.1) is 0 Å². The molecule has 0 amide bonds. The Morgan fingerprint density at radius 1 is 1.07 bits per heavy atom. The van der Waals surface area contributed by atoms with Crippen molar-refractivity contribution >= 4 is 11.9 Å². The van der Waals surface area contributed by atoms with E-state index in [1.165, 1.54) is 0 Å². The van der Waals surface area contributed by atoms with E-state index >= 15 is 0 Å². The van der Waals surface area contributed by atoms with E-state index in [9.17, 15) is 9.59 Å². The Morgan fingerprint density at radius 2 is 1.63 bits per heavy atom. The second kappa shape index (κ2) is 10.8. The van der Waals surface area contributed by atoms with Gasteiger partial charge in [0.15, 0.2) is 6.79 Å². The molecule has 27 heavy (non-hydrogen) atoms. The van der Waals surface area contributed by atoms with Crippen LogP contribution in [0.25, 0.3) is 0 Å². The average Bonchev–Trinajstić information content (AvgIpc) is 3.15. The maximum absolute atomic E-state index is 12.7. The van der Waals surface area contributed by atoms with E-state index in [1.807, 2.05) is 6.92 Å². The van der Waals surface area contributed by atoms with Gasteiger partial charge in [-0.25, -0.2) is 4.89 Å². The number of carbonyl (C=O) groups excluding carboxylic acids is 2. The van der Waals surface area contributed by atoms with Crippen LogP contribution in [0.4, 0.5) is 0 Å². The highest BCUT2D eigenvalue weighted by Gasteiger charge is 2.60. The van der Waals surface area contributed by atoms with E-state index in [4.69, 9.17) is 19.5 Å². The molecule has 156 valence electrons. The molecule has 2 aliphatic carbocycles. The molecule has 0 aromatic carbocycles. The van der Waals surface area contributed by atoms with Crippen molar-refractivity contribution in [1.82, 2.24) is 0 Å². The van der Waals surface area contributed by atoms with Crippen molar-refractivity contribution in [1.29, 1.82) is 0 Å². The lowest BCUT2D eigenvalue weighted by atomic mass is 9.69. The molecule has 2 bridgehead atoms. The van der Waals surface area contributed by atoms with Crippen LogP contribution in [0.5, 0.6) is 0 Å². The number of fused-ring (bicyclic) bond motifs is 2. The second-order valence-corrected chi connectivity index (χ2v) is 7.35. The van der Waals surface area contributed by atoms with Crippen LogP contribution in [0.3, 0.4) is 0 Å². The highest BCUT2D eigenvalue weighted by molar-refractivity contribution is 5.84. The summed E-state index contributed by atoms with van der Waals surface area (Å²) in [4.78, 5) is 29.3. The predicted molar refractivity (Wildman–Crippen MR) is 96.4 cm³/mol. The minimum Gasteiger partial charge on any atom is -0.461 e. The Morgan fingerprint density at radius 3 is 2.15 bits per heavy atom. The molecular formula is C19H32O8. The van der Waals surface area contributed by atoms with Gasteiger partial charge in [-0.05, 0) is 49.0 Å². The second-order valence-electron chi connectivity index (χ2n) is 7.35. The molecule has 0 radical (unpaired) electrons. The number of ether oxygens (including phenoxy) is 3. The summed E-state index contributed by atoms with van der Waals surface area (Å²) in [7, 11) is 0. The molecule has 0 aliphatic heterocycles. The fourth-order valence-corrected chi connectivity index (χ4v) is 4.46. The molecular weight excluding hydrogens is 356 g/mol. The first-order valence-electron chi connectivity index (χ1n) is 9.26. The minimum atomic E-state index is -0.484. The molecule has 8 nitrogen and oxygen atoms in total. The van der Waals surface area contributed by atoms with Gasteiger partial charge < -0.3 is 19.7 Å². The van der Waals surface area contributed by atoms with Crippen LogP contribution in [0, 0.1) is 35.5 Å². The summed E-state index contributed by atoms with van der Waals surface area (Å²) < 4.78 is 15.7. The molecule has 3 N–H and O–H groups in total. The first kappa shape index (κ1) is 23.6. The van der Waals surface area contributed by atoms with Gasteiger partial charge in [0.2, 0.25) is 0 Å². The summed E-state index contributed by atoms with van der Waals surface area (Å²) in [5.41, 5.74) is 0.646. The molecule has 8 heteroatoms. The monoisotopic (exact) mass is 388 g/mol. The van der Waals surface area contributed by atoms with E-state index < -0.39 is 11.8 Å². The average molecular weight is 388 g/mol. The van der Waals surface area contributed by atoms with Gasteiger partial charge >= 0.3 is 11.9 Å². The maximum atomic E-state index is 12.7. The van der Waals surface area contributed by atoms with Crippen molar-refractivity contribution in [2.24, 2.45) is 35.5 Å². The molecule has 0 aromatic heterocycles. The summed E-state index contributed by atoms with van der Waals surface area (Å²) in [5.74, 6) is -0.728. The third-order valence-electron chi connectivity index (χ3n) is 6.03. The zero-order chi connectivity index (χ0) is 19.3. The zero-order valence-corrected chi connectivity index (χ0v) is 16.3. The zero-order valence-electron chi connectivity index (χ0n) is 16.3. The maximum Gasteiger partial charge on any atom is 0.312 e. The van der Waals surface area contributed by atoms with E-state index in [0.717, 1.165) is 6.42 Å². The van der Waals surface area contributed by atoms with E-state index in [1.54, 1.807) is 0 Å². The summed E-state index contributed by atoms with van der Waals surface area (Å²) >= 11 is 0. The minimum absolute atomic E-state index is 0. The lowest BCUT2D eigenvalue weighted by Crippen LogP contribution is -2.42. The van der Waals surface area contributed by atoms with Crippen LogP contribution >= 0.6 is 0 Å². The Balaban J connectivity index is 0.00000364. The molecule has 6 atom stereocenters. The smallest absolute Gasteiger partial charge is 0.312 e. The molecule has 6 unspecified atom stereocenters. The van der Waals surface area contributed by atoms with Gasteiger partial charge in [0.05, 0.1) is 18.4 Å². The highest BCUT2D eigenvalue weighted by atomic mass is 17.1. The van der Waals surface area contributed by atoms with Gasteiger partial charge in [0, 0.05) is 6.61 Å². The summed E-state index contributed by atoms with van der Waals surface area (Å²) in [5, 5.41) is 8.36. The SMILES string of the molecule is C=C(CCOO)COC(=O)C1C2CC(C(C)C2C)C1C(=O)OCOCC.O. The number of hydrogen-bond donors (Lipinski definition) is 1. The topological polar surface area (TPSA) is 123 Å². The van der Waals surface area contributed by atoms with Crippen LogP contribution in [0.15, 0.2) is 12.2 Å². The van der Waals surface area contributed by atoms with Crippen molar-refractivity contribution in [2.45, 2.75) is 33.6 Å². The summed E-state index contributed by atoms with van der Waals surface area (Å²) in [6.07, 6.45) is 1.24. The lowest BCUT2D eigenvalue weighted by Gasteiger charge is -2.35. The van der Waals surface area contributed by atoms with E-state index in [-0.39, 0.29) is 49.3 Å². The van der Waals surface area contributed by atoms with Crippen molar-refractivity contribution in [3.05, 3.63) is 12.2 Å². The van der Waals surface area contributed by atoms with Crippen molar-refractivity contribution in [2.75, 3.05) is 26.6 Å². The number of rotatable bonds is 10. The van der Waals surface area contributed by atoms with Gasteiger partial charge in [-0.1, -0.05) is 20.4 Å². The standard InChI is InChI=1S/C19H30O7.H2O/c1-5-23-10-25-19(21)17-15-8-14(12(3)13(15)4)16(17)18(20)24-9-11(2)6-7-26-22;/h12-17,22H,2,5-10H2,1,3-4H3;1H2. The predicted octanol–water partition coefficient (Wildman–Crippen LogP) is 1.83. The Labute approximate surface area is 160 Å². The molecule has 0 saturated heterocycles. The first-order valence-corrected chi connectivity index (χ1v) is 9.26. The highest BCUT2D eigenvalue weighted by Crippen LogP contribution is 2.58. The molecule has 0 spiro atoms. The molecule has 0 aromatic rings.